The van der Waals surface area contributed by atoms with Crippen LogP contribution < -0.4 is 0 Å². The summed E-state index contributed by atoms with van der Waals surface area (Å²) in [5, 5.41) is 3.54. The third-order valence-electron chi connectivity index (χ3n) is 4.25. The smallest absolute Gasteiger partial charge is 0.333 e. The van der Waals surface area contributed by atoms with Crippen molar-refractivity contribution in [3.05, 3.63) is 53.9 Å². The first-order valence-corrected chi connectivity index (χ1v) is 7.80. The summed E-state index contributed by atoms with van der Waals surface area (Å²) in [4.78, 5) is 14.2. The zero-order chi connectivity index (χ0) is 16.2. The van der Waals surface area contributed by atoms with Crippen molar-refractivity contribution in [3.63, 3.8) is 0 Å². The van der Waals surface area contributed by atoms with Gasteiger partial charge in [-0.1, -0.05) is 30.3 Å². The Bertz CT molecular complexity index is 657. The van der Waals surface area contributed by atoms with E-state index in [0.29, 0.717) is 23.7 Å². The summed E-state index contributed by atoms with van der Waals surface area (Å²) in [5.74, 6) is -0.00131. The van der Waals surface area contributed by atoms with Crippen molar-refractivity contribution in [1.82, 2.24) is 14.7 Å². The Morgan fingerprint density at radius 1 is 1.26 bits per heavy atom. The molecule has 1 atom stereocenters. The molecule has 1 unspecified atom stereocenters. The van der Waals surface area contributed by atoms with Crippen LogP contribution in [0, 0.1) is 5.92 Å². The number of piperidine rings is 1. The van der Waals surface area contributed by atoms with Crippen molar-refractivity contribution >= 4 is 5.91 Å². The number of alkyl halides is 2. The molecule has 6 heteroatoms. The van der Waals surface area contributed by atoms with E-state index < -0.39 is 6.55 Å². The van der Waals surface area contributed by atoms with Crippen LogP contribution in [0.25, 0.3) is 0 Å². The van der Waals surface area contributed by atoms with Gasteiger partial charge < -0.3 is 4.90 Å². The average molecular weight is 319 g/mol. The van der Waals surface area contributed by atoms with Crippen molar-refractivity contribution in [3.8, 4) is 0 Å². The Morgan fingerprint density at radius 3 is 2.78 bits per heavy atom. The number of halogens is 2. The number of rotatable bonds is 4. The highest BCUT2D eigenvalue weighted by atomic mass is 19.3. The molecule has 1 saturated heterocycles. The molecule has 1 fully saturated rings. The van der Waals surface area contributed by atoms with Crippen LogP contribution >= 0.6 is 0 Å². The standard InChI is InChI=1S/C17H19F2N3O/c18-17(19)22-15(8-9-20-22)16(23)21-10-4-7-14(12-21)11-13-5-2-1-3-6-13/h1-3,5-6,8-9,14,17H,4,7,10-12H2. The molecule has 1 aromatic carbocycles. The van der Waals surface area contributed by atoms with E-state index in [9.17, 15) is 13.6 Å². The van der Waals surface area contributed by atoms with Gasteiger partial charge in [-0.2, -0.15) is 18.6 Å². The van der Waals surface area contributed by atoms with Gasteiger partial charge in [-0.05, 0) is 36.8 Å². The quantitative estimate of drug-likeness (QED) is 0.866. The monoisotopic (exact) mass is 319 g/mol. The predicted octanol–water partition coefficient (Wildman–Crippen LogP) is 3.37. The maximum atomic E-state index is 12.9. The van der Waals surface area contributed by atoms with Crippen LogP contribution in [0.4, 0.5) is 8.78 Å². The van der Waals surface area contributed by atoms with Crippen LogP contribution in [0.3, 0.4) is 0 Å². The van der Waals surface area contributed by atoms with Crippen molar-refractivity contribution in [2.24, 2.45) is 5.92 Å². The highest BCUT2D eigenvalue weighted by Crippen LogP contribution is 2.23. The van der Waals surface area contributed by atoms with E-state index in [1.54, 1.807) is 4.90 Å². The van der Waals surface area contributed by atoms with Gasteiger partial charge in [0.15, 0.2) is 0 Å². The summed E-state index contributed by atoms with van der Waals surface area (Å²) in [5.41, 5.74) is 1.20. The van der Waals surface area contributed by atoms with E-state index in [-0.39, 0.29) is 11.6 Å². The van der Waals surface area contributed by atoms with Crippen LogP contribution in [0.15, 0.2) is 42.6 Å². The fourth-order valence-electron chi connectivity index (χ4n) is 3.16. The van der Waals surface area contributed by atoms with E-state index in [2.05, 4.69) is 17.2 Å². The van der Waals surface area contributed by atoms with E-state index in [1.165, 1.54) is 17.8 Å². The third-order valence-corrected chi connectivity index (χ3v) is 4.25. The largest absolute Gasteiger partial charge is 0.337 e. The SMILES string of the molecule is O=C(c1ccnn1C(F)F)N1CCCC(Cc2ccccc2)C1. The molecule has 1 aromatic heterocycles. The molecule has 23 heavy (non-hydrogen) atoms. The molecule has 1 aliphatic heterocycles. The number of hydrogen-bond acceptors (Lipinski definition) is 2. The molecule has 4 nitrogen and oxygen atoms in total. The highest BCUT2D eigenvalue weighted by Gasteiger charge is 2.27. The zero-order valence-corrected chi connectivity index (χ0v) is 12.7. The number of likely N-dealkylation sites (tertiary alicyclic amines) is 1. The summed E-state index contributed by atoms with van der Waals surface area (Å²) in [6, 6.07) is 11.5. The lowest BCUT2D eigenvalue weighted by Crippen LogP contribution is -2.41. The van der Waals surface area contributed by atoms with Crippen LogP contribution in [-0.4, -0.2) is 33.7 Å². The highest BCUT2D eigenvalue weighted by molar-refractivity contribution is 5.92. The summed E-state index contributed by atoms with van der Waals surface area (Å²) in [6.45, 7) is -1.59. The molecule has 1 amide bonds. The Hall–Kier alpha value is -2.24. The number of nitrogens with zero attached hydrogens (tertiary/aromatic N) is 3. The third kappa shape index (κ3) is 3.57. The normalized spacial score (nSPS) is 18.4. The summed E-state index contributed by atoms with van der Waals surface area (Å²) < 4.78 is 26.3. The molecular weight excluding hydrogens is 300 g/mol. The van der Waals surface area contributed by atoms with Gasteiger partial charge in [-0.15, -0.1) is 0 Å². The van der Waals surface area contributed by atoms with Crippen LogP contribution in [0.2, 0.25) is 0 Å². The minimum absolute atomic E-state index is 0.0413. The Balaban J connectivity index is 1.68. The van der Waals surface area contributed by atoms with Gasteiger partial charge >= 0.3 is 6.55 Å². The number of carbonyl (C=O) groups excluding carboxylic acids is 1. The van der Waals surface area contributed by atoms with Gasteiger partial charge in [0.25, 0.3) is 5.91 Å². The van der Waals surface area contributed by atoms with Gasteiger partial charge in [0.1, 0.15) is 5.69 Å². The maximum absolute atomic E-state index is 12.9. The van der Waals surface area contributed by atoms with E-state index in [1.807, 2.05) is 18.2 Å². The second-order valence-electron chi connectivity index (χ2n) is 5.89. The first-order valence-electron chi connectivity index (χ1n) is 7.80. The Kier molecular flexibility index (Phi) is 4.69. The van der Waals surface area contributed by atoms with Crippen LogP contribution in [-0.2, 0) is 6.42 Å². The van der Waals surface area contributed by atoms with Gasteiger partial charge in [-0.3, -0.25) is 4.79 Å². The summed E-state index contributed by atoms with van der Waals surface area (Å²) in [6.07, 6.45) is 4.09. The number of amides is 1. The van der Waals surface area contributed by atoms with Crippen LogP contribution in [0.5, 0.6) is 0 Å². The second kappa shape index (κ2) is 6.89. The van der Waals surface area contributed by atoms with Gasteiger partial charge in [0.2, 0.25) is 0 Å². The molecule has 2 aromatic rings. The molecule has 0 saturated carbocycles. The van der Waals surface area contributed by atoms with E-state index in [0.717, 1.165) is 19.3 Å². The molecule has 0 bridgehead atoms. The van der Waals surface area contributed by atoms with E-state index in [4.69, 9.17) is 0 Å². The first-order chi connectivity index (χ1) is 11.1. The Morgan fingerprint density at radius 2 is 2.04 bits per heavy atom. The molecule has 122 valence electrons. The molecule has 0 N–H and O–H groups in total. The van der Waals surface area contributed by atoms with Crippen molar-refractivity contribution in [2.45, 2.75) is 25.8 Å². The van der Waals surface area contributed by atoms with Gasteiger partial charge in [0.05, 0.1) is 0 Å². The van der Waals surface area contributed by atoms with Crippen LogP contribution in [0.1, 0.15) is 35.4 Å². The Labute approximate surface area is 133 Å². The second-order valence-corrected chi connectivity index (χ2v) is 5.89. The molecular formula is C17H19F2N3O. The molecule has 0 aliphatic carbocycles. The lowest BCUT2D eigenvalue weighted by atomic mass is 9.91. The molecule has 2 heterocycles. The number of hydrogen-bond donors (Lipinski definition) is 0. The van der Waals surface area contributed by atoms with Gasteiger partial charge in [-0.25, -0.2) is 0 Å². The number of benzene rings is 1. The fourth-order valence-corrected chi connectivity index (χ4v) is 3.16. The summed E-state index contributed by atoms with van der Waals surface area (Å²) >= 11 is 0. The van der Waals surface area contributed by atoms with E-state index >= 15 is 0 Å². The minimum Gasteiger partial charge on any atom is -0.337 e. The average Bonchev–Trinajstić information content (AvgIpc) is 3.05. The lowest BCUT2D eigenvalue weighted by molar-refractivity contribution is 0.0438. The van der Waals surface area contributed by atoms with Crippen molar-refractivity contribution in [2.75, 3.05) is 13.1 Å². The van der Waals surface area contributed by atoms with Crippen molar-refractivity contribution in [1.29, 1.82) is 0 Å². The number of carbonyl (C=O) groups is 1. The lowest BCUT2D eigenvalue weighted by Gasteiger charge is -2.33. The molecule has 1 aliphatic rings. The topological polar surface area (TPSA) is 38.1 Å². The maximum Gasteiger partial charge on any atom is 0.333 e. The summed E-state index contributed by atoms with van der Waals surface area (Å²) in [7, 11) is 0. The van der Waals surface area contributed by atoms with Crippen molar-refractivity contribution < 1.29 is 13.6 Å². The predicted molar refractivity (Wildman–Crippen MR) is 82.3 cm³/mol. The fraction of sp³-hybridized carbons (Fsp3) is 0.412. The minimum atomic E-state index is -2.80. The molecule has 0 radical (unpaired) electrons. The zero-order valence-electron chi connectivity index (χ0n) is 12.7. The molecule has 0 spiro atoms. The van der Waals surface area contributed by atoms with Gasteiger partial charge in [0, 0.05) is 19.3 Å². The number of aromatic nitrogens is 2. The first kappa shape index (κ1) is 15.6. The molecule has 3 rings (SSSR count).